The number of likely N-dealkylation sites (N-methyl/N-ethyl adjacent to an activating group) is 1. The second-order valence-electron chi connectivity index (χ2n) is 3.46. The van der Waals surface area contributed by atoms with Gasteiger partial charge in [-0.15, -0.1) is 0 Å². The SMILES string of the molecule is CN(CC=O)C(=O)Nc1nc2ccccc2s1. The second-order valence-corrected chi connectivity index (χ2v) is 4.49. The Hall–Kier alpha value is -1.95. The molecular formula is C11H11N3O2S. The molecular weight excluding hydrogens is 238 g/mol. The molecule has 0 aliphatic carbocycles. The number of amides is 2. The number of nitrogens with one attached hydrogen (secondary N) is 1. The lowest BCUT2D eigenvalue weighted by atomic mass is 10.3. The Bertz CT molecular complexity index is 519. The molecule has 0 radical (unpaired) electrons. The summed E-state index contributed by atoms with van der Waals surface area (Å²) >= 11 is 1.40. The minimum atomic E-state index is -0.337. The van der Waals surface area contributed by atoms with Crippen LogP contribution in [0.5, 0.6) is 0 Å². The van der Waals surface area contributed by atoms with Crippen LogP contribution < -0.4 is 5.32 Å². The van der Waals surface area contributed by atoms with Crippen LogP contribution in [0.4, 0.5) is 9.93 Å². The zero-order valence-electron chi connectivity index (χ0n) is 9.21. The number of aldehydes is 1. The van der Waals surface area contributed by atoms with Crippen LogP contribution in [0, 0.1) is 0 Å². The first kappa shape index (κ1) is 11.5. The average molecular weight is 249 g/mol. The number of thiazole rings is 1. The number of aromatic nitrogens is 1. The molecule has 5 nitrogen and oxygen atoms in total. The van der Waals surface area contributed by atoms with Crippen molar-refractivity contribution in [2.24, 2.45) is 0 Å². The second kappa shape index (κ2) is 4.92. The van der Waals surface area contributed by atoms with Gasteiger partial charge in [-0.1, -0.05) is 23.5 Å². The molecule has 0 fully saturated rings. The molecule has 1 N–H and O–H groups in total. The molecule has 0 unspecified atom stereocenters. The highest BCUT2D eigenvalue weighted by Gasteiger charge is 2.10. The van der Waals surface area contributed by atoms with E-state index in [0.717, 1.165) is 10.2 Å². The van der Waals surface area contributed by atoms with E-state index >= 15 is 0 Å². The molecule has 0 bridgehead atoms. The van der Waals surface area contributed by atoms with Crippen LogP contribution >= 0.6 is 11.3 Å². The summed E-state index contributed by atoms with van der Waals surface area (Å²) in [6.45, 7) is 0.0662. The minimum Gasteiger partial charge on any atom is -0.321 e. The molecule has 0 saturated carbocycles. The molecule has 2 rings (SSSR count). The Labute approximate surface area is 102 Å². The van der Waals surface area contributed by atoms with E-state index in [1.54, 1.807) is 7.05 Å². The predicted octanol–water partition coefficient (Wildman–Crippen LogP) is 1.96. The monoisotopic (exact) mass is 249 g/mol. The summed E-state index contributed by atoms with van der Waals surface area (Å²) < 4.78 is 1.01. The molecule has 2 amide bonds. The van der Waals surface area contributed by atoms with Crippen molar-refractivity contribution in [3.8, 4) is 0 Å². The smallest absolute Gasteiger partial charge is 0.321 e. The predicted molar refractivity (Wildman–Crippen MR) is 67.3 cm³/mol. The van der Waals surface area contributed by atoms with Crippen molar-refractivity contribution in [1.29, 1.82) is 0 Å². The molecule has 1 aromatic carbocycles. The van der Waals surface area contributed by atoms with Crippen LogP contribution in [-0.4, -0.2) is 35.8 Å². The fourth-order valence-corrected chi connectivity index (χ4v) is 2.16. The van der Waals surface area contributed by atoms with Crippen molar-refractivity contribution in [3.05, 3.63) is 24.3 Å². The van der Waals surface area contributed by atoms with Gasteiger partial charge in [0, 0.05) is 7.05 Å². The standard InChI is InChI=1S/C11H11N3O2S/c1-14(6-7-15)11(16)13-10-12-8-4-2-3-5-9(8)17-10/h2-5,7H,6H2,1H3,(H,12,13,16). The quantitative estimate of drug-likeness (QED) is 0.846. The Morgan fingerprint density at radius 3 is 3.00 bits per heavy atom. The number of nitrogens with zero attached hydrogens (tertiary/aromatic N) is 2. The maximum absolute atomic E-state index is 11.6. The summed E-state index contributed by atoms with van der Waals surface area (Å²) in [5.41, 5.74) is 0.853. The van der Waals surface area contributed by atoms with Gasteiger partial charge in [-0.05, 0) is 12.1 Å². The molecule has 0 saturated heterocycles. The Kier molecular flexibility index (Phi) is 3.34. The van der Waals surface area contributed by atoms with E-state index in [0.29, 0.717) is 11.4 Å². The van der Waals surface area contributed by atoms with Crippen molar-refractivity contribution >= 4 is 39.0 Å². The summed E-state index contributed by atoms with van der Waals surface area (Å²) in [5, 5.41) is 3.19. The molecule has 0 spiro atoms. The topological polar surface area (TPSA) is 62.3 Å². The number of hydrogen-bond acceptors (Lipinski definition) is 4. The lowest BCUT2D eigenvalue weighted by molar-refractivity contribution is -0.108. The van der Waals surface area contributed by atoms with Crippen LogP contribution in [0.2, 0.25) is 0 Å². The van der Waals surface area contributed by atoms with Crippen molar-refractivity contribution in [3.63, 3.8) is 0 Å². The fourth-order valence-electron chi connectivity index (χ4n) is 1.31. The van der Waals surface area contributed by atoms with Gasteiger partial charge in [0.15, 0.2) is 5.13 Å². The Morgan fingerprint density at radius 1 is 1.53 bits per heavy atom. The molecule has 0 atom stereocenters. The van der Waals surface area contributed by atoms with Gasteiger partial charge >= 0.3 is 6.03 Å². The van der Waals surface area contributed by atoms with Crippen molar-refractivity contribution in [1.82, 2.24) is 9.88 Å². The van der Waals surface area contributed by atoms with Gasteiger partial charge in [-0.3, -0.25) is 5.32 Å². The number of para-hydroxylation sites is 1. The van der Waals surface area contributed by atoms with Crippen LogP contribution in [0.25, 0.3) is 10.2 Å². The summed E-state index contributed by atoms with van der Waals surface area (Å²) in [6.07, 6.45) is 0.679. The highest BCUT2D eigenvalue weighted by atomic mass is 32.1. The lowest BCUT2D eigenvalue weighted by Crippen LogP contribution is -2.32. The lowest BCUT2D eigenvalue weighted by Gasteiger charge is -2.12. The van der Waals surface area contributed by atoms with Crippen molar-refractivity contribution < 1.29 is 9.59 Å². The highest BCUT2D eigenvalue weighted by Crippen LogP contribution is 2.25. The number of carbonyl (C=O) groups is 2. The maximum Gasteiger partial charge on any atom is 0.323 e. The zero-order chi connectivity index (χ0) is 12.3. The molecule has 17 heavy (non-hydrogen) atoms. The van der Waals surface area contributed by atoms with Gasteiger partial charge < -0.3 is 9.69 Å². The molecule has 6 heteroatoms. The molecule has 0 aliphatic rings. The molecule has 2 aromatic rings. The van der Waals surface area contributed by atoms with Crippen LogP contribution in [0.1, 0.15) is 0 Å². The first-order valence-electron chi connectivity index (χ1n) is 5.02. The number of carbonyl (C=O) groups excluding carboxylic acids is 2. The van der Waals surface area contributed by atoms with Crippen molar-refractivity contribution in [2.75, 3.05) is 18.9 Å². The fraction of sp³-hybridized carbons (Fsp3) is 0.182. The van der Waals surface area contributed by atoms with E-state index in [2.05, 4.69) is 10.3 Å². The van der Waals surface area contributed by atoms with Gasteiger partial charge in [0.25, 0.3) is 0 Å². The largest absolute Gasteiger partial charge is 0.323 e. The van der Waals surface area contributed by atoms with Gasteiger partial charge in [-0.2, -0.15) is 0 Å². The highest BCUT2D eigenvalue weighted by molar-refractivity contribution is 7.22. The zero-order valence-corrected chi connectivity index (χ0v) is 10.0. The maximum atomic E-state index is 11.6. The Balaban J connectivity index is 2.13. The summed E-state index contributed by atoms with van der Waals surface area (Å²) in [5.74, 6) is 0. The number of benzene rings is 1. The summed E-state index contributed by atoms with van der Waals surface area (Å²) in [4.78, 5) is 27.4. The Morgan fingerprint density at radius 2 is 2.29 bits per heavy atom. The van der Waals surface area contributed by atoms with E-state index in [4.69, 9.17) is 0 Å². The summed E-state index contributed by atoms with van der Waals surface area (Å²) in [6, 6.07) is 7.31. The number of fused-ring (bicyclic) bond motifs is 1. The molecule has 88 valence electrons. The van der Waals surface area contributed by atoms with Crippen LogP contribution in [0.3, 0.4) is 0 Å². The average Bonchev–Trinajstić information content (AvgIpc) is 2.71. The first-order valence-corrected chi connectivity index (χ1v) is 5.83. The van der Waals surface area contributed by atoms with E-state index in [1.165, 1.54) is 16.2 Å². The van der Waals surface area contributed by atoms with Crippen molar-refractivity contribution in [2.45, 2.75) is 0 Å². The van der Waals surface area contributed by atoms with E-state index in [1.807, 2.05) is 24.3 Å². The third-order valence-electron chi connectivity index (χ3n) is 2.20. The third kappa shape index (κ3) is 2.59. The van der Waals surface area contributed by atoms with Gasteiger partial charge in [0.1, 0.15) is 6.29 Å². The number of rotatable bonds is 3. The van der Waals surface area contributed by atoms with Crippen LogP contribution in [0.15, 0.2) is 24.3 Å². The normalized spacial score (nSPS) is 10.2. The first-order chi connectivity index (χ1) is 8.20. The number of hydrogen-bond donors (Lipinski definition) is 1. The summed E-state index contributed by atoms with van der Waals surface area (Å²) in [7, 11) is 1.55. The molecule has 1 heterocycles. The van der Waals surface area contributed by atoms with E-state index in [9.17, 15) is 9.59 Å². The molecule has 0 aliphatic heterocycles. The third-order valence-corrected chi connectivity index (χ3v) is 3.15. The van der Waals surface area contributed by atoms with Gasteiger partial charge in [0.2, 0.25) is 0 Å². The molecule has 1 aromatic heterocycles. The number of urea groups is 1. The van der Waals surface area contributed by atoms with E-state index < -0.39 is 0 Å². The van der Waals surface area contributed by atoms with E-state index in [-0.39, 0.29) is 12.6 Å². The minimum absolute atomic E-state index is 0.0662. The van der Waals surface area contributed by atoms with Crippen LogP contribution in [-0.2, 0) is 4.79 Å². The van der Waals surface area contributed by atoms with Gasteiger partial charge in [0.05, 0.1) is 16.8 Å². The van der Waals surface area contributed by atoms with Gasteiger partial charge in [-0.25, -0.2) is 9.78 Å². The number of anilines is 1.